The molecule has 20 heavy (non-hydrogen) atoms. The first-order valence-corrected chi connectivity index (χ1v) is 6.62. The molecule has 0 radical (unpaired) electrons. The molecule has 6 heteroatoms. The summed E-state index contributed by atoms with van der Waals surface area (Å²) in [7, 11) is 1.66. The Morgan fingerprint density at radius 1 is 1.25 bits per heavy atom. The van der Waals surface area contributed by atoms with E-state index in [2.05, 4.69) is 5.32 Å². The predicted molar refractivity (Wildman–Crippen MR) is 79.3 cm³/mol. The predicted octanol–water partition coefficient (Wildman–Crippen LogP) is 2.62. The van der Waals surface area contributed by atoms with Gasteiger partial charge in [-0.05, 0) is 24.3 Å². The maximum atomic E-state index is 12.0. The van der Waals surface area contributed by atoms with Crippen molar-refractivity contribution in [3.8, 4) is 0 Å². The highest BCUT2D eigenvalue weighted by atomic mass is 35.5. The molecular weight excluding hydrogens is 299 g/mol. The highest BCUT2D eigenvalue weighted by Crippen LogP contribution is 2.22. The largest absolute Gasteiger partial charge is 0.348 e. The molecule has 0 fully saturated rings. The van der Waals surface area contributed by atoms with Crippen LogP contribution in [-0.2, 0) is 13.6 Å². The molecule has 0 spiro atoms. The number of hydrogen-bond donors (Lipinski definition) is 1. The van der Waals surface area contributed by atoms with Crippen molar-refractivity contribution in [1.29, 1.82) is 0 Å². The Labute approximate surface area is 125 Å². The Morgan fingerprint density at radius 2 is 2.00 bits per heavy atom. The molecule has 0 saturated carbocycles. The molecule has 1 N–H and O–H groups in total. The van der Waals surface area contributed by atoms with Gasteiger partial charge in [-0.15, -0.1) is 0 Å². The van der Waals surface area contributed by atoms with Crippen LogP contribution in [0.25, 0.3) is 0 Å². The van der Waals surface area contributed by atoms with Gasteiger partial charge in [0.25, 0.3) is 11.5 Å². The average Bonchev–Trinajstić information content (AvgIpc) is 2.43. The summed E-state index contributed by atoms with van der Waals surface area (Å²) in [6.45, 7) is 0.159. The zero-order valence-corrected chi connectivity index (χ0v) is 12.2. The molecule has 4 nitrogen and oxygen atoms in total. The third kappa shape index (κ3) is 3.21. The fourth-order valence-corrected chi connectivity index (χ4v) is 2.00. The quantitative estimate of drug-likeness (QED) is 0.947. The summed E-state index contributed by atoms with van der Waals surface area (Å²) in [6, 6.07) is 8.05. The molecule has 0 unspecified atom stereocenters. The van der Waals surface area contributed by atoms with Gasteiger partial charge >= 0.3 is 0 Å². The number of amides is 1. The molecule has 0 saturated heterocycles. The smallest absolute Gasteiger partial charge is 0.255 e. The van der Waals surface area contributed by atoms with Crippen molar-refractivity contribution in [2.45, 2.75) is 6.54 Å². The highest BCUT2D eigenvalue weighted by Gasteiger charge is 2.09. The third-order valence-electron chi connectivity index (χ3n) is 2.82. The number of hydrogen-bond acceptors (Lipinski definition) is 2. The van der Waals surface area contributed by atoms with Crippen LogP contribution in [0.15, 0.2) is 41.3 Å². The average molecular weight is 311 g/mol. The molecule has 0 atom stereocenters. The number of aryl methyl sites for hydroxylation is 1. The van der Waals surface area contributed by atoms with Crippen LogP contribution in [0, 0.1) is 0 Å². The van der Waals surface area contributed by atoms with E-state index in [1.807, 2.05) is 0 Å². The zero-order chi connectivity index (χ0) is 14.7. The second-order valence-corrected chi connectivity index (χ2v) is 5.08. The van der Waals surface area contributed by atoms with Gasteiger partial charge in [-0.25, -0.2) is 0 Å². The van der Waals surface area contributed by atoms with E-state index in [9.17, 15) is 9.59 Å². The van der Waals surface area contributed by atoms with E-state index in [0.29, 0.717) is 21.2 Å². The molecule has 0 aliphatic heterocycles. The Balaban J connectivity index is 2.10. The van der Waals surface area contributed by atoms with E-state index in [0.717, 1.165) is 0 Å². The van der Waals surface area contributed by atoms with Crippen LogP contribution in [0.5, 0.6) is 0 Å². The Morgan fingerprint density at radius 3 is 2.70 bits per heavy atom. The van der Waals surface area contributed by atoms with E-state index < -0.39 is 0 Å². The lowest BCUT2D eigenvalue weighted by atomic mass is 10.2. The zero-order valence-electron chi connectivity index (χ0n) is 10.7. The minimum atomic E-state index is -0.311. The van der Waals surface area contributed by atoms with Gasteiger partial charge in [0.1, 0.15) is 0 Å². The van der Waals surface area contributed by atoms with Crippen molar-refractivity contribution in [3.63, 3.8) is 0 Å². The molecule has 0 bridgehead atoms. The van der Waals surface area contributed by atoms with Crippen LogP contribution < -0.4 is 10.9 Å². The maximum Gasteiger partial charge on any atom is 0.255 e. The van der Waals surface area contributed by atoms with Crippen molar-refractivity contribution in [2.75, 3.05) is 0 Å². The number of carbonyl (C=O) groups excluding carboxylic acids is 1. The van der Waals surface area contributed by atoms with E-state index in [4.69, 9.17) is 23.2 Å². The molecule has 2 rings (SSSR count). The summed E-state index contributed by atoms with van der Waals surface area (Å²) >= 11 is 11.6. The van der Waals surface area contributed by atoms with Crippen LogP contribution in [0.1, 0.15) is 15.9 Å². The number of halogens is 2. The van der Waals surface area contributed by atoms with Crippen molar-refractivity contribution in [1.82, 2.24) is 9.88 Å². The standard InChI is InChI=1S/C14H12Cl2N2O2/c1-18-6-2-3-10(14(18)20)8-17-13(19)9-4-5-11(15)12(16)7-9/h2-7H,8H2,1H3,(H,17,19). The molecule has 104 valence electrons. The first-order chi connectivity index (χ1) is 9.49. The summed E-state index contributed by atoms with van der Waals surface area (Å²) in [5, 5.41) is 3.38. The van der Waals surface area contributed by atoms with Crippen molar-refractivity contribution >= 4 is 29.1 Å². The number of aromatic nitrogens is 1. The molecule has 0 aliphatic rings. The monoisotopic (exact) mass is 310 g/mol. The minimum Gasteiger partial charge on any atom is -0.348 e. The van der Waals surface area contributed by atoms with Gasteiger partial charge in [0.15, 0.2) is 0 Å². The summed E-state index contributed by atoms with van der Waals surface area (Å²) in [5.41, 5.74) is 0.775. The van der Waals surface area contributed by atoms with Crippen LogP contribution in [0.2, 0.25) is 10.0 Å². The lowest BCUT2D eigenvalue weighted by molar-refractivity contribution is 0.0950. The second-order valence-electron chi connectivity index (χ2n) is 4.26. The van der Waals surface area contributed by atoms with E-state index in [1.54, 1.807) is 37.5 Å². The van der Waals surface area contributed by atoms with Crippen LogP contribution in [0.3, 0.4) is 0 Å². The first kappa shape index (κ1) is 14.6. The number of rotatable bonds is 3. The van der Waals surface area contributed by atoms with Crippen LogP contribution >= 0.6 is 23.2 Å². The number of benzene rings is 1. The molecule has 1 heterocycles. The summed E-state index contributed by atoms with van der Waals surface area (Å²) in [6.07, 6.45) is 1.66. The van der Waals surface area contributed by atoms with Crippen molar-refractivity contribution < 1.29 is 4.79 Å². The summed E-state index contributed by atoms with van der Waals surface area (Å²) in [5.74, 6) is -0.311. The van der Waals surface area contributed by atoms with Gasteiger partial charge in [-0.2, -0.15) is 0 Å². The normalized spacial score (nSPS) is 10.3. The van der Waals surface area contributed by atoms with Crippen molar-refractivity contribution in [3.05, 3.63) is 68.1 Å². The maximum absolute atomic E-state index is 12.0. The molecule has 2 aromatic rings. The van der Waals surface area contributed by atoms with Crippen LogP contribution in [-0.4, -0.2) is 10.5 Å². The minimum absolute atomic E-state index is 0.137. The Kier molecular flexibility index (Phi) is 4.47. The highest BCUT2D eigenvalue weighted by molar-refractivity contribution is 6.42. The van der Waals surface area contributed by atoms with Gasteiger partial charge in [-0.1, -0.05) is 29.3 Å². The van der Waals surface area contributed by atoms with E-state index in [-0.39, 0.29) is 18.0 Å². The molecular formula is C14H12Cl2N2O2. The third-order valence-corrected chi connectivity index (χ3v) is 3.56. The molecule has 1 aromatic carbocycles. The lowest BCUT2D eigenvalue weighted by Gasteiger charge is -2.07. The summed E-state index contributed by atoms with van der Waals surface area (Å²) < 4.78 is 1.46. The van der Waals surface area contributed by atoms with E-state index in [1.165, 1.54) is 10.6 Å². The number of pyridine rings is 1. The van der Waals surface area contributed by atoms with Crippen molar-refractivity contribution in [2.24, 2.45) is 7.05 Å². The Bertz CT molecular complexity index is 711. The Hall–Kier alpha value is -1.78. The van der Waals surface area contributed by atoms with Gasteiger partial charge in [-0.3, -0.25) is 9.59 Å². The second kappa shape index (κ2) is 6.11. The fourth-order valence-electron chi connectivity index (χ4n) is 1.70. The van der Waals surface area contributed by atoms with Crippen LogP contribution in [0.4, 0.5) is 0 Å². The topological polar surface area (TPSA) is 51.1 Å². The fraction of sp³-hybridized carbons (Fsp3) is 0.143. The molecule has 1 aromatic heterocycles. The van der Waals surface area contributed by atoms with Gasteiger partial charge in [0.2, 0.25) is 0 Å². The SMILES string of the molecule is Cn1cccc(CNC(=O)c2ccc(Cl)c(Cl)c2)c1=O. The van der Waals surface area contributed by atoms with Gasteiger partial charge < -0.3 is 9.88 Å². The first-order valence-electron chi connectivity index (χ1n) is 5.87. The summed E-state index contributed by atoms with van der Waals surface area (Å²) in [4.78, 5) is 23.7. The molecule has 0 aliphatic carbocycles. The number of nitrogens with one attached hydrogen (secondary N) is 1. The van der Waals surface area contributed by atoms with Gasteiger partial charge in [0, 0.05) is 30.9 Å². The van der Waals surface area contributed by atoms with Gasteiger partial charge in [0.05, 0.1) is 10.0 Å². The number of nitrogens with zero attached hydrogens (tertiary/aromatic N) is 1. The molecule has 1 amide bonds. The number of carbonyl (C=O) groups is 1. The lowest BCUT2D eigenvalue weighted by Crippen LogP contribution is -2.28. The van der Waals surface area contributed by atoms with E-state index >= 15 is 0 Å².